The maximum atomic E-state index is 10.9. The fourth-order valence-electron chi connectivity index (χ4n) is 3.94. The van der Waals surface area contributed by atoms with Crippen LogP contribution < -0.4 is 0 Å². The number of carboxylic acid groups (broad SMARTS) is 1. The van der Waals surface area contributed by atoms with E-state index in [-0.39, 0.29) is 23.8 Å². The van der Waals surface area contributed by atoms with Crippen molar-refractivity contribution in [3.05, 3.63) is 23.8 Å². The summed E-state index contributed by atoms with van der Waals surface area (Å²) in [6.07, 6.45) is 4.36. The quantitative estimate of drug-likeness (QED) is 0.793. The van der Waals surface area contributed by atoms with Crippen LogP contribution in [0.3, 0.4) is 0 Å². The number of phenolic OH excluding ortho intramolecular Hbond substituents is 2. The summed E-state index contributed by atoms with van der Waals surface area (Å²) in [5, 5.41) is 28.2. The number of rotatable bonds is 4. The minimum absolute atomic E-state index is 0.0689. The molecule has 2 aliphatic rings. The highest BCUT2D eigenvalue weighted by Crippen LogP contribution is 2.41. The van der Waals surface area contributed by atoms with Crippen LogP contribution in [-0.2, 0) is 11.3 Å². The number of aliphatic carboxylic acids is 1. The first-order chi connectivity index (χ1) is 10.0. The molecular formula is C16H21NO4. The van der Waals surface area contributed by atoms with E-state index in [0.717, 1.165) is 31.2 Å². The average Bonchev–Trinajstić information content (AvgIpc) is 2.64. The zero-order valence-corrected chi connectivity index (χ0v) is 11.9. The Kier molecular flexibility index (Phi) is 3.76. The third-order valence-electron chi connectivity index (χ3n) is 4.87. The first-order valence-corrected chi connectivity index (χ1v) is 7.51. The van der Waals surface area contributed by atoms with Crippen molar-refractivity contribution in [2.45, 2.75) is 50.7 Å². The Morgan fingerprint density at radius 3 is 2.43 bits per heavy atom. The second-order valence-electron chi connectivity index (χ2n) is 6.31. The molecule has 2 atom stereocenters. The molecule has 5 heteroatoms. The van der Waals surface area contributed by atoms with Crippen molar-refractivity contribution in [1.29, 1.82) is 0 Å². The monoisotopic (exact) mass is 291 g/mol. The van der Waals surface area contributed by atoms with Gasteiger partial charge < -0.3 is 15.3 Å². The molecule has 21 heavy (non-hydrogen) atoms. The molecule has 0 spiro atoms. The predicted octanol–water partition coefficient (Wildman–Crippen LogP) is 2.32. The van der Waals surface area contributed by atoms with Crippen LogP contribution in [0.5, 0.6) is 11.5 Å². The summed E-state index contributed by atoms with van der Waals surface area (Å²) < 4.78 is 0. The molecular weight excluding hydrogens is 270 g/mol. The molecule has 2 bridgehead atoms. The Morgan fingerprint density at radius 1 is 1.19 bits per heavy atom. The fraction of sp³-hybridized carbons (Fsp3) is 0.562. The number of carboxylic acids is 1. The lowest BCUT2D eigenvalue weighted by atomic mass is 9.88. The standard InChI is InChI=1S/C16H21NO4/c18-14-4-1-11(15(19)8-14)9-17-12-2-3-13(17)6-10(5-12)7-16(20)21/h1,4,8,10,12-13,18-19H,2-3,5-7,9H2,(H,20,21). The van der Waals surface area contributed by atoms with Gasteiger partial charge in [0.05, 0.1) is 0 Å². The number of phenols is 2. The van der Waals surface area contributed by atoms with Gasteiger partial charge in [-0.25, -0.2) is 0 Å². The van der Waals surface area contributed by atoms with Gasteiger partial charge in [0.1, 0.15) is 11.5 Å². The molecule has 2 unspecified atom stereocenters. The molecule has 1 aromatic rings. The average molecular weight is 291 g/mol. The summed E-state index contributed by atoms with van der Waals surface area (Å²) in [5.74, 6) is -0.227. The number of piperidine rings is 1. The Balaban J connectivity index is 1.69. The molecule has 0 aromatic heterocycles. The van der Waals surface area contributed by atoms with Gasteiger partial charge in [0.25, 0.3) is 0 Å². The molecule has 1 aromatic carbocycles. The van der Waals surface area contributed by atoms with E-state index in [9.17, 15) is 15.0 Å². The van der Waals surface area contributed by atoms with Gasteiger partial charge in [-0.2, -0.15) is 0 Å². The van der Waals surface area contributed by atoms with Gasteiger partial charge in [-0.15, -0.1) is 0 Å². The highest BCUT2D eigenvalue weighted by molar-refractivity contribution is 5.67. The van der Waals surface area contributed by atoms with Crippen LogP contribution in [0.25, 0.3) is 0 Å². The van der Waals surface area contributed by atoms with Crippen molar-refractivity contribution < 1.29 is 20.1 Å². The van der Waals surface area contributed by atoms with E-state index in [0.29, 0.717) is 18.6 Å². The normalized spacial score (nSPS) is 28.7. The minimum atomic E-state index is -0.705. The van der Waals surface area contributed by atoms with Crippen LogP contribution in [0.1, 0.15) is 37.7 Å². The van der Waals surface area contributed by atoms with Crippen LogP contribution in [0.4, 0.5) is 0 Å². The molecule has 0 radical (unpaired) electrons. The summed E-state index contributed by atoms with van der Waals surface area (Å²) in [5.41, 5.74) is 0.821. The van der Waals surface area contributed by atoms with Gasteiger partial charge in [-0.1, -0.05) is 6.07 Å². The number of hydrogen-bond donors (Lipinski definition) is 3. The lowest BCUT2D eigenvalue weighted by Crippen LogP contribution is -2.42. The van der Waals surface area contributed by atoms with Gasteiger partial charge >= 0.3 is 5.97 Å². The lowest BCUT2D eigenvalue weighted by molar-refractivity contribution is -0.138. The van der Waals surface area contributed by atoms with Gasteiger partial charge in [0, 0.05) is 36.7 Å². The summed E-state index contributed by atoms with van der Waals surface area (Å²) in [7, 11) is 0. The van der Waals surface area contributed by atoms with Crippen LogP contribution in [0, 0.1) is 5.92 Å². The van der Waals surface area contributed by atoms with E-state index < -0.39 is 5.97 Å². The number of nitrogens with zero attached hydrogens (tertiary/aromatic N) is 1. The predicted molar refractivity (Wildman–Crippen MR) is 77.1 cm³/mol. The summed E-state index contributed by atoms with van der Waals surface area (Å²) in [4.78, 5) is 13.3. The summed E-state index contributed by atoms with van der Waals surface area (Å²) in [6.45, 7) is 0.668. The molecule has 0 amide bonds. The second-order valence-corrected chi connectivity index (χ2v) is 6.31. The summed E-state index contributed by atoms with van der Waals surface area (Å²) in [6, 6.07) is 5.55. The van der Waals surface area contributed by atoms with E-state index in [1.54, 1.807) is 12.1 Å². The maximum Gasteiger partial charge on any atom is 0.303 e. The van der Waals surface area contributed by atoms with Crippen molar-refractivity contribution >= 4 is 5.97 Å². The molecule has 2 heterocycles. The largest absolute Gasteiger partial charge is 0.508 e. The molecule has 2 saturated heterocycles. The van der Waals surface area contributed by atoms with Crippen molar-refractivity contribution in [2.75, 3.05) is 0 Å². The second kappa shape index (κ2) is 5.56. The van der Waals surface area contributed by atoms with Crippen molar-refractivity contribution in [3.63, 3.8) is 0 Å². The Morgan fingerprint density at radius 2 is 1.86 bits per heavy atom. The van der Waals surface area contributed by atoms with E-state index >= 15 is 0 Å². The Hall–Kier alpha value is -1.75. The van der Waals surface area contributed by atoms with Gasteiger partial charge in [-0.05, 0) is 37.7 Å². The molecule has 0 saturated carbocycles. The number of benzene rings is 1. The van der Waals surface area contributed by atoms with E-state index in [1.807, 2.05) is 0 Å². The van der Waals surface area contributed by atoms with Gasteiger partial charge in [-0.3, -0.25) is 9.69 Å². The van der Waals surface area contributed by atoms with Crippen LogP contribution in [0.15, 0.2) is 18.2 Å². The first kappa shape index (κ1) is 14.2. The van der Waals surface area contributed by atoms with E-state index in [2.05, 4.69) is 4.90 Å². The number of fused-ring (bicyclic) bond motifs is 2. The molecule has 0 aliphatic carbocycles. The van der Waals surface area contributed by atoms with Gasteiger partial charge in [0.15, 0.2) is 0 Å². The molecule has 3 N–H and O–H groups in total. The van der Waals surface area contributed by atoms with Crippen molar-refractivity contribution in [3.8, 4) is 11.5 Å². The first-order valence-electron chi connectivity index (χ1n) is 7.51. The Bertz CT molecular complexity index is 531. The van der Waals surface area contributed by atoms with Crippen LogP contribution in [0.2, 0.25) is 0 Å². The van der Waals surface area contributed by atoms with Crippen molar-refractivity contribution in [1.82, 2.24) is 4.90 Å². The van der Waals surface area contributed by atoms with E-state index in [1.165, 1.54) is 6.07 Å². The van der Waals surface area contributed by atoms with Gasteiger partial charge in [0.2, 0.25) is 0 Å². The fourth-order valence-corrected chi connectivity index (χ4v) is 3.94. The Labute approximate surface area is 123 Å². The van der Waals surface area contributed by atoms with Crippen LogP contribution in [-0.4, -0.2) is 38.3 Å². The van der Waals surface area contributed by atoms with Crippen molar-refractivity contribution in [2.24, 2.45) is 5.92 Å². The third kappa shape index (κ3) is 2.97. The highest BCUT2D eigenvalue weighted by Gasteiger charge is 2.41. The molecule has 2 aliphatic heterocycles. The number of aromatic hydroxyl groups is 2. The smallest absolute Gasteiger partial charge is 0.303 e. The van der Waals surface area contributed by atoms with E-state index in [4.69, 9.17) is 5.11 Å². The lowest BCUT2D eigenvalue weighted by Gasteiger charge is -2.38. The van der Waals surface area contributed by atoms with Crippen LogP contribution >= 0.6 is 0 Å². The highest BCUT2D eigenvalue weighted by atomic mass is 16.4. The number of hydrogen-bond acceptors (Lipinski definition) is 4. The zero-order valence-electron chi connectivity index (χ0n) is 11.9. The zero-order chi connectivity index (χ0) is 15.0. The third-order valence-corrected chi connectivity index (χ3v) is 4.87. The SMILES string of the molecule is O=C(O)CC1CC2CCC(C1)N2Cc1ccc(O)cc1O. The minimum Gasteiger partial charge on any atom is -0.508 e. The summed E-state index contributed by atoms with van der Waals surface area (Å²) >= 11 is 0. The molecule has 5 nitrogen and oxygen atoms in total. The molecule has 114 valence electrons. The topological polar surface area (TPSA) is 81.0 Å². The number of carbonyl (C=O) groups is 1. The maximum absolute atomic E-state index is 10.9. The molecule has 2 fully saturated rings. The molecule has 3 rings (SSSR count).